The minimum absolute atomic E-state index is 0.200. The predicted molar refractivity (Wildman–Crippen MR) is 60.5 cm³/mol. The van der Waals surface area contributed by atoms with E-state index in [2.05, 4.69) is 5.32 Å². The van der Waals surface area contributed by atoms with Crippen molar-refractivity contribution < 1.29 is 5.11 Å². The minimum atomic E-state index is 0.200. The van der Waals surface area contributed by atoms with Gasteiger partial charge in [0, 0.05) is 6.61 Å². The molecule has 1 aliphatic rings. The Balaban J connectivity index is 1.95. The topological polar surface area (TPSA) is 32.3 Å². The molecule has 14 heavy (non-hydrogen) atoms. The van der Waals surface area contributed by atoms with Crippen molar-refractivity contribution in [1.82, 2.24) is 5.32 Å². The summed E-state index contributed by atoms with van der Waals surface area (Å²) >= 11 is 6.03. The first-order chi connectivity index (χ1) is 6.83. The van der Waals surface area contributed by atoms with E-state index in [4.69, 9.17) is 16.7 Å². The van der Waals surface area contributed by atoms with Crippen LogP contribution in [0.1, 0.15) is 44.9 Å². The van der Waals surface area contributed by atoms with Crippen LogP contribution >= 0.6 is 11.6 Å². The number of nitrogens with one attached hydrogen (secondary N) is 1. The van der Waals surface area contributed by atoms with Gasteiger partial charge in [0.05, 0.1) is 5.50 Å². The van der Waals surface area contributed by atoms with Gasteiger partial charge in [0.15, 0.2) is 0 Å². The zero-order valence-electron chi connectivity index (χ0n) is 8.84. The smallest absolute Gasteiger partial charge is 0.0828 e. The summed E-state index contributed by atoms with van der Waals surface area (Å²) in [4.78, 5) is 0. The van der Waals surface area contributed by atoms with Crippen molar-refractivity contribution in [2.24, 2.45) is 5.92 Å². The first-order valence-electron chi connectivity index (χ1n) is 5.81. The lowest BCUT2D eigenvalue weighted by Gasteiger charge is -2.26. The third kappa shape index (κ3) is 5.18. The van der Waals surface area contributed by atoms with Crippen molar-refractivity contribution in [2.45, 2.75) is 50.4 Å². The second kappa shape index (κ2) is 7.49. The lowest BCUT2D eigenvalue weighted by molar-refractivity contribution is 0.279. The van der Waals surface area contributed by atoms with Gasteiger partial charge in [-0.2, -0.15) is 0 Å². The molecule has 3 heteroatoms. The summed E-state index contributed by atoms with van der Waals surface area (Å²) in [5.41, 5.74) is 0.200. The Morgan fingerprint density at radius 2 is 2.00 bits per heavy atom. The zero-order chi connectivity index (χ0) is 10.2. The number of hydrogen-bond acceptors (Lipinski definition) is 2. The molecule has 0 aliphatic carbocycles. The Kier molecular flexibility index (Phi) is 6.57. The largest absolute Gasteiger partial charge is 0.396 e. The van der Waals surface area contributed by atoms with Gasteiger partial charge in [-0.3, -0.25) is 0 Å². The van der Waals surface area contributed by atoms with E-state index >= 15 is 0 Å². The maximum atomic E-state index is 8.62. The fourth-order valence-electron chi connectivity index (χ4n) is 2.10. The molecular formula is C11H22ClNO. The summed E-state index contributed by atoms with van der Waals surface area (Å²) in [6.45, 7) is 1.42. The van der Waals surface area contributed by atoms with Gasteiger partial charge in [0.25, 0.3) is 0 Å². The number of hydrogen-bond donors (Lipinski definition) is 2. The molecule has 1 fully saturated rings. The molecule has 0 spiro atoms. The van der Waals surface area contributed by atoms with E-state index < -0.39 is 0 Å². The van der Waals surface area contributed by atoms with Crippen molar-refractivity contribution in [1.29, 1.82) is 0 Å². The molecule has 2 nitrogen and oxygen atoms in total. The van der Waals surface area contributed by atoms with Gasteiger partial charge < -0.3 is 10.4 Å². The summed E-state index contributed by atoms with van der Waals surface area (Å²) in [6, 6.07) is 0. The van der Waals surface area contributed by atoms with Crippen LogP contribution in [-0.4, -0.2) is 23.8 Å². The molecule has 84 valence electrons. The van der Waals surface area contributed by atoms with E-state index in [9.17, 15) is 0 Å². The average Bonchev–Trinajstić information content (AvgIpc) is 2.18. The third-order valence-corrected chi connectivity index (χ3v) is 3.31. The fraction of sp³-hybridized carbons (Fsp3) is 1.00. The maximum absolute atomic E-state index is 8.62. The summed E-state index contributed by atoms with van der Waals surface area (Å²) < 4.78 is 0. The van der Waals surface area contributed by atoms with E-state index in [0.29, 0.717) is 6.61 Å². The Morgan fingerprint density at radius 3 is 2.71 bits per heavy atom. The van der Waals surface area contributed by atoms with Gasteiger partial charge in [0.2, 0.25) is 0 Å². The van der Waals surface area contributed by atoms with Crippen molar-refractivity contribution in [3.8, 4) is 0 Å². The second-order valence-corrected chi connectivity index (χ2v) is 4.77. The molecule has 1 rings (SSSR count). The monoisotopic (exact) mass is 219 g/mol. The lowest BCUT2D eigenvalue weighted by Crippen LogP contribution is -2.34. The van der Waals surface area contributed by atoms with Crippen LogP contribution in [0, 0.1) is 5.92 Å². The Morgan fingerprint density at radius 1 is 1.21 bits per heavy atom. The van der Waals surface area contributed by atoms with Crippen LogP contribution in [0.15, 0.2) is 0 Å². The van der Waals surface area contributed by atoms with Crippen LogP contribution < -0.4 is 5.32 Å². The number of halogens is 1. The molecule has 0 amide bonds. The Labute approximate surface area is 92.0 Å². The predicted octanol–water partition coefficient (Wildman–Crippen LogP) is 2.49. The highest BCUT2D eigenvalue weighted by Crippen LogP contribution is 2.23. The molecule has 0 saturated carbocycles. The van der Waals surface area contributed by atoms with E-state index in [0.717, 1.165) is 25.3 Å². The normalized spacial score (nSPS) is 27.9. The molecule has 2 N–H and O–H groups in total. The van der Waals surface area contributed by atoms with Crippen molar-refractivity contribution in [3.63, 3.8) is 0 Å². The second-order valence-electron chi connectivity index (χ2n) is 4.24. The highest BCUT2D eigenvalue weighted by atomic mass is 35.5. The van der Waals surface area contributed by atoms with Gasteiger partial charge in [-0.15, -0.1) is 11.6 Å². The molecule has 1 aliphatic heterocycles. The quantitative estimate of drug-likeness (QED) is 0.409. The maximum Gasteiger partial charge on any atom is 0.0828 e. The number of alkyl halides is 1. The van der Waals surface area contributed by atoms with Crippen LogP contribution in [0.4, 0.5) is 0 Å². The van der Waals surface area contributed by atoms with E-state index in [-0.39, 0.29) is 5.50 Å². The average molecular weight is 220 g/mol. The fourth-order valence-corrected chi connectivity index (χ4v) is 2.46. The van der Waals surface area contributed by atoms with E-state index in [1.807, 2.05) is 0 Å². The summed E-state index contributed by atoms with van der Waals surface area (Å²) in [6.07, 6.45) is 8.42. The Bertz CT molecular complexity index is 143. The molecule has 2 atom stereocenters. The van der Waals surface area contributed by atoms with Gasteiger partial charge in [0.1, 0.15) is 0 Å². The van der Waals surface area contributed by atoms with Crippen LogP contribution in [0.2, 0.25) is 0 Å². The van der Waals surface area contributed by atoms with Crippen molar-refractivity contribution in [2.75, 3.05) is 13.2 Å². The number of rotatable bonds is 6. The lowest BCUT2D eigenvalue weighted by atomic mass is 9.92. The highest BCUT2D eigenvalue weighted by molar-refractivity contribution is 6.20. The van der Waals surface area contributed by atoms with Gasteiger partial charge >= 0.3 is 0 Å². The van der Waals surface area contributed by atoms with Gasteiger partial charge in [-0.05, 0) is 31.7 Å². The Hall–Kier alpha value is 0.210. The third-order valence-electron chi connectivity index (χ3n) is 2.98. The van der Waals surface area contributed by atoms with Crippen LogP contribution in [0.25, 0.3) is 0 Å². The number of unbranched alkanes of at least 4 members (excludes halogenated alkanes) is 3. The molecule has 0 radical (unpaired) electrons. The molecule has 1 saturated heterocycles. The molecule has 0 aromatic carbocycles. The molecule has 2 unspecified atom stereocenters. The number of aliphatic hydroxyl groups is 1. The van der Waals surface area contributed by atoms with Crippen LogP contribution in [0.3, 0.4) is 0 Å². The first-order valence-corrected chi connectivity index (χ1v) is 6.25. The highest BCUT2D eigenvalue weighted by Gasteiger charge is 2.18. The SMILES string of the molecule is OCCCCCCC1CCNC(Cl)C1. The summed E-state index contributed by atoms with van der Waals surface area (Å²) in [5.74, 6) is 0.827. The van der Waals surface area contributed by atoms with Crippen LogP contribution in [-0.2, 0) is 0 Å². The molecular weight excluding hydrogens is 198 g/mol. The van der Waals surface area contributed by atoms with E-state index in [1.165, 1.54) is 32.1 Å². The minimum Gasteiger partial charge on any atom is -0.396 e. The number of piperidine rings is 1. The molecule has 0 bridgehead atoms. The number of aliphatic hydroxyl groups excluding tert-OH is 1. The molecule has 1 heterocycles. The summed E-state index contributed by atoms with van der Waals surface area (Å²) in [5, 5.41) is 11.9. The molecule has 0 aromatic heterocycles. The summed E-state index contributed by atoms with van der Waals surface area (Å²) in [7, 11) is 0. The molecule has 0 aromatic rings. The van der Waals surface area contributed by atoms with Crippen molar-refractivity contribution in [3.05, 3.63) is 0 Å². The van der Waals surface area contributed by atoms with Crippen LogP contribution in [0.5, 0.6) is 0 Å². The van der Waals surface area contributed by atoms with Gasteiger partial charge in [-0.25, -0.2) is 0 Å². The van der Waals surface area contributed by atoms with Gasteiger partial charge in [-0.1, -0.05) is 25.7 Å². The zero-order valence-corrected chi connectivity index (χ0v) is 9.60. The standard InChI is InChI=1S/C11H22ClNO/c12-11-9-10(6-7-13-11)5-3-1-2-4-8-14/h10-11,13-14H,1-9H2. The first kappa shape index (κ1) is 12.3. The van der Waals surface area contributed by atoms with Crippen molar-refractivity contribution >= 4 is 11.6 Å². The van der Waals surface area contributed by atoms with E-state index in [1.54, 1.807) is 0 Å².